The lowest BCUT2D eigenvalue weighted by Gasteiger charge is -2.01. The molecule has 0 bridgehead atoms. The summed E-state index contributed by atoms with van der Waals surface area (Å²) in [4.78, 5) is 4.19. The van der Waals surface area contributed by atoms with Crippen LogP contribution in [0.25, 0.3) is 16.5 Å². The van der Waals surface area contributed by atoms with E-state index >= 15 is 0 Å². The first-order valence-corrected chi connectivity index (χ1v) is 4.43. The van der Waals surface area contributed by atoms with E-state index in [0.29, 0.717) is 11.9 Å². The van der Waals surface area contributed by atoms with Gasteiger partial charge in [-0.05, 0) is 36.3 Å². The predicted octanol–water partition coefficient (Wildman–Crippen LogP) is 3.57. The number of hydrogen-bond acceptors (Lipinski definition) is 1. The lowest BCUT2D eigenvalue weighted by Crippen LogP contribution is -1.81. The molecule has 1 nitrogen and oxygen atoms in total. The van der Waals surface area contributed by atoms with Crippen LogP contribution in [0.2, 0.25) is 0 Å². The zero-order chi connectivity index (χ0) is 9.97. The van der Waals surface area contributed by atoms with Gasteiger partial charge in [-0.2, -0.15) is 0 Å². The van der Waals surface area contributed by atoms with Gasteiger partial charge in [0.05, 0.1) is 11.8 Å². The van der Waals surface area contributed by atoms with Gasteiger partial charge in [0, 0.05) is 11.6 Å². The Morgan fingerprint density at radius 2 is 2.21 bits per heavy atom. The van der Waals surface area contributed by atoms with E-state index in [4.69, 9.17) is 0 Å². The molecule has 0 spiro atoms. The first-order chi connectivity index (χ1) is 6.81. The van der Waals surface area contributed by atoms with E-state index in [1.54, 1.807) is 13.1 Å². The first-order valence-electron chi connectivity index (χ1n) is 4.43. The van der Waals surface area contributed by atoms with E-state index in [9.17, 15) is 4.39 Å². The van der Waals surface area contributed by atoms with Crippen LogP contribution in [0.4, 0.5) is 4.39 Å². The molecule has 1 aromatic heterocycles. The second-order valence-electron chi connectivity index (χ2n) is 3.20. The standard InChI is InChI=1S/C12H10FN/c1-9(8-13)10-4-5-12-11(7-10)3-2-6-14-12/h2-8H,1H3/b9-8+. The number of benzene rings is 1. The summed E-state index contributed by atoms with van der Waals surface area (Å²) in [5.74, 6) is 0. The van der Waals surface area contributed by atoms with Crippen LogP contribution in [0.5, 0.6) is 0 Å². The third-order valence-corrected chi connectivity index (χ3v) is 2.22. The maximum Gasteiger partial charge on any atom is 0.0902 e. The fourth-order valence-corrected chi connectivity index (χ4v) is 1.38. The molecule has 0 aliphatic carbocycles. The zero-order valence-electron chi connectivity index (χ0n) is 7.87. The van der Waals surface area contributed by atoms with Crippen molar-refractivity contribution in [2.24, 2.45) is 0 Å². The molecule has 0 atom stereocenters. The van der Waals surface area contributed by atoms with Gasteiger partial charge in [-0.15, -0.1) is 0 Å². The quantitative estimate of drug-likeness (QED) is 0.665. The van der Waals surface area contributed by atoms with Crippen molar-refractivity contribution in [3.63, 3.8) is 0 Å². The van der Waals surface area contributed by atoms with Crippen LogP contribution >= 0.6 is 0 Å². The molecule has 0 aliphatic heterocycles. The molecule has 0 N–H and O–H groups in total. The summed E-state index contributed by atoms with van der Waals surface area (Å²) in [6, 6.07) is 9.56. The highest BCUT2D eigenvalue weighted by Gasteiger charge is 1.98. The third-order valence-electron chi connectivity index (χ3n) is 2.22. The van der Waals surface area contributed by atoms with Crippen LogP contribution in [-0.4, -0.2) is 4.98 Å². The van der Waals surface area contributed by atoms with Crippen molar-refractivity contribution in [2.45, 2.75) is 6.92 Å². The SMILES string of the molecule is C/C(=C\F)c1ccc2ncccc2c1. The molecule has 0 saturated carbocycles. The minimum Gasteiger partial charge on any atom is -0.256 e. The molecule has 2 aromatic rings. The van der Waals surface area contributed by atoms with Gasteiger partial charge in [0.25, 0.3) is 0 Å². The van der Waals surface area contributed by atoms with Crippen molar-refractivity contribution in [1.29, 1.82) is 0 Å². The van der Waals surface area contributed by atoms with E-state index in [2.05, 4.69) is 4.98 Å². The Labute approximate surface area is 81.9 Å². The molecule has 0 amide bonds. The Balaban J connectivity index is 2.62. The monoisotopic (exact) mass is 187 g/mol. The molecular weight excluding hydrogens is 177 g/mol. The molecule has 0 unspecified atom stereocenters. The Kier molecular flexibility index (Phi) is 2.27. The van der Waals surface area contributed by atoms with Crippen LogP contribution < -0.4 is 0 Å². The third kappa shape index (κ3) is 1.51. The Morgan fingerprint density at radius 3 is 3.00 bits per heavy atom. The highest BCUT2D eigenvalue weighted by Crippen LogP contribution is 2.19. The Morgan fingerprint density at radius 1 is 1.36 bits per heavy atom. The smallest absolute Gasteiger partial charge is 0.0902 e. The number of aromatic nitrogens is 1. The van der Waals surface area contributed by atoms with Crippen LogP contribution in [0.3, 0.4) is 0 Å². The van der Waals surface area contributed by atoms with Crippen LogP contribution in [0.1, 0.15) is 12.5 Å². The lowest BCUT2D eigenvalue weighted by molar-refractivity contribution is 0.723. The Hall–Kier alpha value is -1.70. The molecule has 1 heterocycles. The van der Waals surface area contributed by atoms with E-state index in [1.165, 1.54) is 0 Å². The maximum atomic E-state index is 12.3. The second kappa shape index (κ2) is 3.58. The van der Waals surface area contributed by atoms with Crippen LogP contribution in [0, 0.1) is 0 Å². The van der Waals surface area contributed by atoms with E-state index in [1.807, 2.05) is 30.3 Å². The average Bonchev–Trinajstić information content (AvgIpc) is 2.27. The van der Waals surface area contributed by atoms with Crippen molar-refractivity contribution >= 4 is 16.5 Å². The molecule has 0 radical (unpaired) electrons. The predicted molar refractivity (Wildman–Crippen MR) is 56.5 cm³/mol. The van der Waals surface area contributed by atoms with Gasteiger partial charge in [-0.1, -0.05) is 12.1 Å². The van der Waals surface area contributed by atoms with Crippen molar-refractivity contribution in [3.05, 3.63) is 48.4 Å². The summed E-state index contributed by atoms with van der Waals surface area (Å²) in [7, 11) is 0. The molecule has 70 valence electrons. The van der Waals surface area contributed by atoms with Crippen molar-refractivity contribution < 1.29 is 4.39 Å². The average molecular weight is 187 g/mol. The number of halogens is 1. The zero-order valence-corrected chi connectivity index (χ0v) is 7.87. The molecule has 1 aromatic carbocycles. The van der Waals surface area contributed by atoms with Crippen molar-refractivity contribution in [1.82, 2.24) is 4.98 Å². The molecule has 2 heteroatoms. The number of allylic oxidation sites excluding steroid dienone is 1. The number of rotatable bonds is 1. The largest absolute Gasteiger partial charge is 0.256 e. The van der Waals surface area contributed by atoms with E-state index in [0.717, 1.165) is 16.5 Å². The van der Waals surface area contributed by atoms with Crippen molar-refractivity contribution in [3.8, 4) is 0 Å². The second-order valence-corrected chi connectivity index (χ2v) is 3.20. The van der Waals surface area contributed by atoms with Crippen molar-refractivity contribution in [2.75, 3.05) is 0 Å². The van der Waals surface area contributed by atoms with Gasteiger partial charge < -0.3 is 0 Å². The van der Waals surface area contributed by atoms with Crippen LogP contribution in [0.15, 0.2) is 42.9 Å². The highest BCUT2D eigenvalue weighted by atomic mass is 19.1. The molecular formula is C12H10FN. The summed E-state index contributed by atoms with van der Waals surface area (Å²) in [5, 5.41) is 1.03. The lowest BCUT2D eigenvalue weighted by atomic mass is 10.1. The number of nitrogens with zero attached hydrogens (tertiary/aromatic N) is 1. The highest BCUT2D eigenvalue weighted by molar-refractivity contribution is 5.82. The van der Waals surface area contributed by atoms with Gasteiger partial charge in [-0.3, -0.25) is 4.98 Å². The summed E-state index contributed by atoms with van der Waals surface area (Å²) >= 11 is 0. The van der Waals surface area contributed by atoms with Crippen LogP contribution in [-0.2, 0) is 0 Å². The topological polar surface area (TPSA) is 12.9 Å². The normalized spacial score (nSPS) is 12.0. The number of pyridine rings is 1. The number of fused-ring (bicyclic) bond motifs is 1. The minimum atomic E-state index is 0.623. The Bertz CT molecular complexity index is 488. The van der Waals surface area contributed by atoms with Gasteiger partial charge >= 0.3 is 0 Å². The number of hydrogen-bond donors (Lipinski definition) is 0. The summed E-state index contributed by atoms with van der Waals surface area (Å²) in [6.45, 7) is 1.75. The van der Waals surface area contributed by atoms with Gasteiger partial charge in [0.15, 0.2) is 0 Å². The fraction of sp³-hybridized carbons (Fsp3) is 0.0833. The fourth-order valence-electron chi connectivity index (χ4n) is 1.38. The van der Waals surface area contributed by atoms with E-state index in [-0.39, 0.29) is 0 Å². The minimum absolute atomic E-state index is 0.623. The molecule has 14 heavy (non-hydrogen) atoms. The molecule has 2 rings (SSSR count). The molecule has 0 fully saturated rings. The summed E-state index contributed by atoms with van der Waals surface area (Å²) in [6.07, 6.45) is 2.37. The van der Waals surface area contributed by atoms with Gasteiger partial charge in [0.1, 0.15) is 0 Å². The molecule has 0 saturated heterocycles. The first kappa shape index (κ1) is 8.88. The van der Waals surface area contributed by atoms with Gasteiger partial charge in [0.2, 0.25) is 0 Å². The molecule has 0 aliphatic rings. The van der Waals surface area contributed by atoms with Gasteiger partial charge in [-0.25, -0.2) is 4.39 Å². The summed E-state index contributed by atoms with van der Waals surface area (Å²) in [5.41, 5.74) is 2.46. The summed E-state index contributed by atoms with van der Waals surface area (Å²) < 4.78 is 12.3. The van der Waals surface area contributed by atoms with E-state index < -0.39 is 0 Å². The maximum absolute atomic E-state index is 12.3.